The van der Waals surface area contributed by atoms with Crippen molar-refractivity contribution in [2.45, 2.75) is 18.7 Å². The van der Waals surface area contributed by atoms with E-state index >= 15 is 0 Å². The second-order valence-electron chi connectivity index (χ2n) is 5.78. The lowest BCUT2D eigenvalue weighted by atomic mass is 10.1. The highest BCUT2D eigenvalue weighted by Gasteiger charge is 2.36. The van der Waals surface area contributed by atoms with Gasteiger partial charge < -0.3 is 4.90 Å². The summed E-state index contributed by atoms with van der Waals surface area (Å²) in [5.41, 5.74) is 3.20. The van der Waals surface area contributed by atoms with E-state index in [9.17, 15) is 4.79 Å². The lowest BCUT2D eigenvalue weighted by Crippen LogP contribution is -2.26. The summed E-state index contributed by atoms with van der Waals surface area (Å²) in [5, 5.41) is 7.58. The molecular weight excluding hydrogens is 354 g/mol. The van der Waals surface area contributed by atoms with Crippen LogP contribution in [0.2, 0.25) is 5.02 Å². The number of anilines is 2. The van der Waals surface area contributed by atoms with E-state index in [1.807, 2.05) is 55.5 Å². The summed E-state index contributed by atoms with van der Waals surface area (Å²) in [6, 6.07) is 15.3. The largest absolute Gasteiger partial charge is 0.335 e. The van der Waals surface area contributed by atoms with E-state index < -0.39 is 0 Å². The molecule has 0 radical (unpaired) electrons. The smallest absolute Gasteiger partial charge is 0.283 e. The number of para-hydroxylation sites is 1. The van der Waals surface area contributed by atoms with Crippen LogP contribution in [0.1, 0.15) is 13.8 Å². The molecule has 2 aromatic rings. The number of halogens is 1. The maximum absolute atomic E-state index is 13.1. The van der Waals surface area contributed by atoms with Gasteiger partial charge in [-0.15, -0.1) is 0 Å². The first-order valence-corrected chi connectivity index (χ1v) is 9.24. The van der Waals surface area contributed by atoms with Gasteiger partial charge in [0, 0.05) is 16.5 Å². The predicted octanol–water partition coefficient (Wildman–Crippen LogP) is 4.91. The highest BCUT2D eigenvalue weighted by atomic mass is 35.5. The van der Waals surface area contributed by atoms with Crippen LogP contribution in [0.25, 0.3) is 0 Å². The van der Waals surface area contributed by atoms with E-state index in [0.29, 0.717) is 10.6 Å². The minimum Gasteiger partial charge on any atom is -0.335 e. The second kappa shape index (κ2) is 6.24. The van der Waals surface area contributed by atoms with Crippen LogP contribution in [0, 0.1) is 0 Å². The van der Waals surface area contributed by atoms with Gasteiger partial charge in [0.2, 0.25) is 0 Å². The van der Waals surface area contributed by atoms with Crippen LogP contribution in [0.5, 0.6) is 0 Å². The topological polar surface area (TPSA) is 35.9 Å². The number of thioether (sulfide) groups is 1. The summed E-state index contributed by atoms with van der Waals surface area (Å²) >= 11 is 7.76. The predicted molar refractivity (Wildman–Crippen MR) is 104 cm³/mol. The van der Waals surface area contributed by atoms with Gasteiger partial charge in [0.05, 0.1) is 27.7 Å². The molecule has 0 fully saturated rings. The molecule has 4 rings (SSSR count). The lowest BCUT2D eigenvalue weighted by Gasteiger charge is -2.20. The maximum Gasteiger partial charge on any atom is 0.283 e. The molecule has 0 aliphatic carbocycles. The Morgan fingerprint density at radius 1 is 1.16 bits per heavy atom. The van der Waals surface area contributed by atoms with Crippen LogP contribution < -0.4 is 9.91 Å². The molecule has 2 aliphatic heterocycles. The molecule has 0 unspecified atom stereocenters. The first-order valence-electron chi connectivity index (χ1n) is 8.04. The zero-order chi connectivity index (χ0) is 17.6. The van der Waals surface area contributed by atoms with Crippen LogP contribution in [0.15, 0.2) is 69.1 Å². The number of nitrogens with zero attached hydrogens (tertiary/aromatic N) is 3. The number of hydrogen-bond acceptors (Lipinski definition) is 4. The average Bonchev–Trinajstić information content (AvgIpc) is 3.11. The third-order valence-corrected chi connectivity index (χ3v) is 5.63. The minimum atomic E-state index is -0.0939. The normalized spacial score (nSPS) is 19.5. The molecular formula is C19H16ClN3OS. The van der Waals surface area contributed by atoms with Crippen molar-refractivity contribution in [3.05, 3.63) is 64.2 Å². The van der Waals surface area contributed by atoms with Crippen molar-refractivity contribution < 1.29 is 4.79 Å². The molecule has 2 aliphatic rings. The van der Waals surface area contributed by atoms with Gasteiger partial charge in [0.15, 0.2) is 0 Å². The number of hydrazone groups is 1. The number of amides is 1. The zero-order valence-corrected chi connectivity index (χ0v) is 15.4. The van der Waals surface area contributed by atoms with Crippen molar-refractivity contribution in [1.29, 1.82) is 0 Å². The van der Waals surface area contributed by atoms with Crippen LogP contribution in [0.3, 0.4) is 0 Å². The molecule has 4 nitrogen and oxygen atoms in total. The van der Waals surface area contributed by atoms with Gasteiger partial charge in [-0.1, -0.05) is 41.6 Å². The van der Waals surface area contributed by atoms with Gasteiger partial charge in [-0.05, 0) is 44.2 Å². The van der Waals surface area contributed by atoms with Crippen molar-refractivity contribution in [2.75, 3.05) is 16.5 Å². The molecule has 25 heavy (non-hydrogen) atoms. The fourth-order valence-corrected chi connectivity index (χ4v) is 4.51. The summed E-state index contributed by atoms with van der Waals surface area (Å²) in [6.07, 6.45) is 0. The fourth-order valence-electron chi connectivity index (χ4n) is 3.05. The van der Waals surface area contributed by atoms with Gasteiger partial charge >= 0.3 is 0 Å². The number of benzene rings is 2. The average molecular weight is 370 g/mol. The summed E-state index contributed by atoms with van der Waals surface area (Å²) in [5.74, 6) is -0.0939. The number of carbonyl (C=O) groups excluding carboxylic acids is 1. The Morgan fingerprint density at radius 2 is 1.92 bits per heavy atom. The standard InChI is InChI=1S/C19H16ClN3OS/c1-3-22-15-11-13(20)9-10-16(15)25-19(22)17-12(2)21-23(18(17)24)14-7-5-4-6-8-14/h4-11H,3H2,1-2H3. The Morgan fingerprint density at radius 3 is 2.64 bits per heavy atom. The first-order chi connectivity index (χ1) is 12.1. The van der Waals surface area contributed by atoms with Gasteiger partial charge in [-0.2, -0.15) is 10.1 Å². The van der Waals surface area contributed by atoms with E-state index in [2.05, 4.69) is 16.9 Å². The quantitative estimate of drug-likeness (QED) is 0.706. The lowest BCUT2D eigenvalue weighted by molar-refractivity contribution is -0.114. The maximum atomic E-state index is 13.1. The van der Waals surface area contributed by atoms with Crippen molar-refractivity contribution in [3.63, 3.8) is 0 Å². The van der Waals surface area contributed by atoms with E-state index in [-0.39, 0.29) is 5.91 Å². The molecule has 0 aromatic heterocycles. The van der Waals surface area contributed by atoms with Crippen LogP contribution in [-0.4, -0.2) is 18.2 Å². The van der Waals surface area contributed by atoms with Crippen LogP contribution in [-0.2, 0) is 4.79 Å². The fraction of sp³-hybridized carbons (Fsp3) is 0.158. The summed E-state index contributed by atoms with van der Waals surface area (Å²) in [6.45, 7) is 4.70. The van der Waals surface area contributed by atoms with E-state index in [0.717, 1.165) is 33.6 Å². The SMILES string of the molecule is CCN1C(=C2C(=O)N(c3ccccc3)N=C2C)Sc2ccc(Cl)cc21. The monoisotopic (exact) mass is 369 g/mol. The molecule has 1 amide bonds. The number of hydrogen-bond donors (Lipinski definition) is 0. The third-order valence-electron chi connectivity index (χ3n) is 4.21. The summed E-state index contributed by atoms with van der Waals surface area (Å²) in [4.78, 5) is 16.3. The molecule has 0 atom stereocenters. The Labute approximate surface area is 155 Å². The van der Waals surface area contributed by atoms with Crippen molar-refractivity contribution in [1.82, 2.24) is 0 Å². The van der Waals surface area contributed by atoms with Crippen LogP contribution >= 0.6 is 23.4 Å². The molecule has 0 N–H and O–H groups in total. The summed E-state index contributed by atoms with van der Waals surface area (Å²) < 4.78 is 0. The van der Waals surface area contributed by atoms with Crippen molar-refractivity contribution >= 4 is 46.4 Å². The molecule has 126 valence electrons. The van der Waals surface area contributed by atoms with Gasteiger partial charge in [0.25, 0.3) is 5.91 Å². The molecule has 0 spiro atoms. The van der Waals surface area contributed by atoms with Crippen molar-refractivity contribution in [3.8, 4) is 0 Å². The molecule has 2 aromatic carbocycles. The first kappa shape index (κ1) is 16.2. The molecule has 6 heteroatoms. The Kier molecular flexibility index (Phi) is 4.06. The molecule has 0 bridgehead atoms. The van der Waals surface area contributed by atoms with Gasteiger partial charge in [0.1, 0.15) is 0 Å². The third kappa shape index (κ3) is 2.64. The van der Waals surface area contributed by atoms with E-state index in [1.165, 1.54) is 5.01 Å². The van der Waals surface area contributed by atoms with Gasteiger partial charge in [-0.25, -0.2) is 0 Å². The van der Waals surface area contributed by atoms with Gasteiger partial charge in [-0.3, -0.25) is 4.79 Å². The highest BCUT2D eigenvalue weighted by Crippen LogP contribution is 2.49. The van der Waals surface area contributed by atoms with Crippen molar-refractivity contribution in [2.24, 2.45) is 5.10 Å². The van der Waals surface area contributed by atoms with E-state index in [4.69, 9.17) is 11.6 Å². The Hall–Kier alpha value is -2.24. The number of rotatable bonds is 2. The molecule has 0 saturated carbocycles. The number of carbonyl (C=O) groups is 1. The van der Waals surface area contributed by atoms with E-state index in [1.54, 1.807) is 11.8 Å². The Balaban J connectivity index is 1.79. The zero-order valence-electron chi connectivity index (χ0n) is 13.9. The highest BCUT2D eigenvalue weighted by molar-refractivity contribution is 8.03. The molecule has 0 saturated heterocycles. The Bertz CT molecular complexity index is 924. The second-order valence-corrected chi connectivity index (χ2v) is 7.24. The molecule has 2 heterocycles. The number of fused-ring (bicyclic) bond motifs is 1. The minimum absolute atomic E-state index is 0.0939. The summed E-state index contributed by atoms with van der Waals surface area (Å²) in [7, 11) is 0. The van der Waals surface area contributed by atoms with Crippen LogP contribution in [0.4, 0.5) is 11.4 Å².